The number of morpholine rings is 1. The summed E-state index contributed by atoms with van der Waals surface area (Å²) in [6.45, 7) is 10.8. The van der Waals surface area contributed by atoms with Crippen LogP contribution in [0.15, 0.2) is 54.6 Å². The van der Waals surface area contributed by atoms with E-state index in [-0.39, 0.29) is 5.91 Å². The number of nitrogens with zero attached hydrogens (tertiary/aromatic N) is 2. The van der Waals surface area contributed by atoms with Crippen LogP contribution in [0.25, 0.3) is 10.9 Å². The number of ether oxygens (including phenoxy) is 2. The second-order valence-electron chi connectivity index (χ2n) is 9.06. The second kappa shape index (κ2) is 11.3. The van der Waals surface area contributed by atoms with E-state index in [1.807, 2.05) is 36.4 Å². The molecule has 0 saturated carbocycles. The molecule has 0 atom stereocenters. The lowest BCUT2D eigenvalue weighted by Gasteiger charge is -2.26. The minimum atomic E-state index is -0.0252. The lowest BCUT2D eigenvalue weighted by atomic mass is 10.2. The minimum absolute atomic E-state index is 0.0252. The highest BCUT2D eigenvalue weighted by atomic mass is 16.5. The van der Waals surface area contributed by atoms with Crippen LogP contribution in [-0.4, -0.2) is 54.8 Å². The van der Waals surface area contributed by atoms with Gasteiger partial charge in [0.05, 0.1) is 18.7 Å². The Morgan fingerprint density at radius 3 is 2.64 bits per heavy atom. The fourth-order valence-electron chi connectivity index (χ4n) is 4.29. The summed E-state index contributed by atoms with van der Waals surface area (Å²) in [4.78, 5) is 15.5. The topological polar surface area (TPSA) is 55.7 Å². The summed E-state index contributed by atoms with van der Waals surface area (Å²) < 4.78 is 13.7. The van der Waals surface area contributed by atoms with Gasteiger partial charge < -0.3 is 19.4 Å². The largest absolute Gasteiger partial charge is 0.488 e. The van der Waals surface area contributed by atoms with E-state index in [1.165, 1.54) is 0 Å². The predicted octanol–water partition coefficient (Wildman–Crippen LogP) is 4.33. The molecule has 176 valence electrons. The fraction of sp³-hybridized carbons (Fsp3) is 0.444. The van der Waals surface area contributed by atoms with E-state index in [4.69, 9.17) is 9.47 Å². The molecule has 0 bridgehead atoms. The minimum Gasteiger partial charge on any atom is -0.488 e. The summed E-state index contributed by atoms with van der Waals surface area (Å²) >= 11 is 0. The first-order valence-electron chi connectivity index (χ1n) is 12.0. The van der Waals surface area contributed by atoms with E-state index in [0.717, 1.165) is 68.0 Å². The third kappa shape index (κ3) is 6.15. The van der Waals surface area contributed by atoms with Gasteiger partial charge in [-0.15, -0.1) is 0 Å². The Bertz CT molecular complexity index is 1040. The molecule has 0 radical (unpaired) electrons. The molecule has 2 heterocycles. The van der Waals surface area contributed by atoms with E-state index in [1.54, 1.807) is 0 Å². The average Bonchev–Trinajstić information content (AvgIpc) is 3.20. The van der Waals surface area contributed by atoms with Crippen LogP contribution >= 0.6 is 0 Å². The smallest absolute Gasteiger partial charge is 0.267 e. The lowest BCUT2D eigenvalue weighted by Crippen LogP contribution is -2.38. The molecule has 1 aliphatic rings. The number of hydrogen-bond acceptors (Lipinski definition) is 4. The number of hydrogen-bond donors (Lipinski definition) is 1. The number of carbonyl (C=O) groups is 1. The van der Waals surface area contributed by atoms with Crippen molar-refractivity contribution in [1.82, 2.24) is 14.8 Å². The van der Waals surface area contributed by atoms with E-state index in [2.05, 4.69) is 46.8 Å². The van der Waals surface area contributed by atoms with Crippen molar-refractivity contribution in [3.63, 3.8) is 0 Å². The van der Waals surface area contributed by atoms with Crippen molar-refractivity contribution >= 4 is 16.8 Å². The molecule has 1 saturated heterocycles. The molecule has 0 unspecified atom stereocenters. The van der Waals surface area contributed by atoms with Gasteiger partial charge in [-0.2, -0.15) is 0 Å². The van der Waals surface area contributed by atoms with Crippen molar-refractivity contribution in [1.29, 1.82) is 0 Å². The molecular formula is C27H35N3O3. The molecule has 1 N–H and O–H groups in total. The highest BCUT2D eigenvalue weighted by Gasteiger charge is 2.19. The first kappa shape index (κ1) is 23.3. The van der Waals surface area contributed by atoms with E-state index >= 15 is 0 Å². The number of nitrogens with one attached hydrogen (secondary N) is 1. The summed E-state index contributed by atoms with van der Waals surface area (Å²) in [5, 5.41) is 4.11. The molecule has 4 rings (SSSR count). The first-order valence-corrected chi connectivity index (χ1v) is 12.0. The molecule has 1 amide bonds. The Morgan fingerprint density at radius 1 is 1.09 bits per heavy atom. The van der Waals surface area contributed by atoms with Crippen molar-refractivity contribution in [3.05, 3.63) is 65.9 Å². The Balaban J connectivity index is 1.47. The number of aromatic nitrogens is 1. The summed E-state index contributed by atoms with van der Waals surface area (Å²) in [7, 11) is 0. The molecule has 33 heavy (non-hydrogen) atoms. The van der Waals surface area contributed by atoms with Crippen molar-refractivity contribution in [3.8, 4) is 5.75 Å². The molecular weight excluding hydrogens is 414 g/mol. The molecule has 0 aliphatic carbocycles. The maximum atomic E-state index is 13.2. The van der Waals surface area contributed by atoms with Gasteiger partial charge in [0.25, 0.3) is 5.91 Å². The Morgan fingerprint density at radius 2 is 1.88 bits per heavy atom. The molecule has 1 fully saturated rings. The van der Waals surface area contributed by atoms with Crippen LogP contribution in [0.3, 0.4) is 0 Å². The zero-order valence-corrected chi connectivity index (χ0v) is 19.8. The number of amides is 1. The van der Waals surface area contributed by atoms with Gasteiger partial charge in [0.15, 0.2) is 0 Å². The highest BCUT2D eigenvalue weighted by Crippen LogP contribution is 2.30. The molecule has 1 aliphatic heterocycles. The summed E-state index contributed by atoms with van der Waals surface area (Å²) in [6.07, 6.45) is 0.932. The summed E-state index contributed by atoms with van der Waals surface area (Å²) in [5.41, 5.74) is 2.85. The van der Waals surface area contributed by atoms with Crippen molar-refractivity contribution in [2.24, 2.45) is 5.92 Å². The molecule has 3 aromatic rings. The van der Waals surface area contributed by atoms with Gasteiger partial charge in [0.2, 0.25) is 0 Å². The molecule has 0 spiro atoms. The third-order valence-electron chi connectivity index (χ3n) is 5.96. The van der Waals surface area contributed by atoms with E-state index in [9.17, 15) is 4.79 Å². The normalized spacial score (nSPS) is 14.6. The number of carbonyl (C=O) groups excluding carboxylic acids is 1. The van der Waals surface area contributed by atoms with Crippen molar-refractivity contribution in [2.75, 3.05) is 39.4 Å². The van der Waals surface area contributed by atoms with Crippen LogP contribution in [0, 0.1) is 5.92 Å². The third-order valence-corrected chi connectivity index (χ3v) is 5.96. The Hall–Kier alpha value is -2.83. The van der Waals surface area contributed by atoms with Gasteiger partial charge in [0, 0.05) is 31.6 Å². The average molecular weight is 450 g/mol. The molecule has 6 heteroatoms. The zero-order chi connectivity index (χ0) is 23.0. The van der Waals surface area contributed by atoms with Gasteiger partial charge in [-0.25, -0.2) is 0 Å². The van der Waals surface area contributed by atoms with Gasteiger partial charge in [0.1, 0.15) is 18.1 Å². The number of fused-ring (bicyclic) bond motifs is 1. The quantitative estimate of drug-likeness (QED) is 0.468. The van der Waals surface area contributed by atoms with Crippen LogP contribution < -0.4 is 10.1 Å². The van der Waals surface area contributed by atoms with Gasteiger partial charge in [-0.1, -0.05) is 50.2 Å². The SMILES string of the molecule is CC(C)Cn1c(C(=O)NCCCN2CCOCC2)cc2c(OCc3ccccc3)cccc21. The standard InChI is InChI=1S/C27H35N3O3/c1-21(2)19-30-24-10-6-11-26(33-20-22-8-4-3-5-9-22)23(24)18-25(30)27(31)28-12-7-13-29-14-16-32-17-15-29/h3-6,8-11,18,21H,7,12-17,19-20H2,1-2H3,(H,28,31). The van der Waals surface area contributed by atoms with Crippen LogP contribution in [0.5, 0.6) is 5.75 Å². The Labute approximate surface area is 196 Å². The zero-order valence-electron chi connectivity index (χ0n) is 19.8. The van der Waals surface area contributed by atoms with E-state index in [0.29, 0.717) is 24.8 Å². The monoisotopic (exact) mass is 449 g/mol. The predicted molar refractivity (Wildman–Crippen MR) is 132 cm³/mol. The maximum absolute atomic E-state index is 13.2. The number of benzene rings is 2. The first-order chi connectivity index (χ1) is 16.1. The van der Waals surface area contributed by atoms with Crippen molar-refractivity contribution < 1.29 is 14.3 Å². The molecule has 6 nitrogen and oxygen atoms in total. The Kier molecular flexibility index (Phi) is 8.02. The van der Waals surface area contributed by atoms with Crippen LogP contribution in [0.4, 0.5) is 0 Å². The highest BCUT2D eigenvalue weighted by molar-refractivity contribution is 6.00. The van der Waals surface area contributed by atoms with Gasteiger partial charge in [-0.3, -0.25) is 9.69 Å². The summed E-state index contributed by atoms with van der Waals surface area (Å²) in [5.74, 6) is 1.20. The summed E-state index contributed by atoms with van der Waals surface area (Å²) in [6, 6.07) is 18.2. The van der Waals surface area contributed by atoms with Gasteiger partial charge >= 0.3 is 0 Å². The van der Waals surface area contributed by atoms with Crippen LogP contribution in [0.2, 0.25) is 0 Å². The van der Waals surface area contributed by atoms with Crippen molar-refractivity contribution in [2.45, 2.75) is 33.4 Å². The van der Waals surface area contributed by atoms with Crippen LogP contribution in [-0.2, 0) is 17.9 Å². The lowest BCUT2D eigenvalue weighted by molar-refractivity contribution is 0.0374. The maximum Gasteiger partial charge on any atom is 0.267 e. The number of rotatable bonds is 10. The second-order valence-corrected chi connectivity index (χ2v) is 9.06. The van der Waals surface area contributed by atoms with Crippen LogP contribution in [0.1, 0.15) is 36.3 Å². The van der Waals surface area contributed by atoms with Gasteiger partial charge in [-0.05, 0) is 42.6 Å². The fourth-order valence-corrected chi connectivity index (χ4v) is 4.29. The molecule has 1 aromatic heterocycles. The molecule has 2 aromatic carbocycles. The van der Waals surface area contributed by atoms with E-state index < -0.39 is 0 Å².